The van der Waals surface area contributed by atoms with Gasteiger partial charge in [-0.05, 0) is 17.9 Å². The van der Waals surface area contributed by atoms with Crippen molar-refractivity contribution >= 4 is 0 Å². The second-order valence-electron chi connectivity index (χ2n) is 2.22. The van der Waals surface area contributed by atoms with Gasteiger partial charge in [-0.15, -0.1) is 0 Å². The summed E-state index contributed by atoms with van der Waals surface area (Å²) in [5.41, 5.74) is 0. The number of methoxy groups -OCH3 is 1. The quantitative estimate of drug-likeness (QED) is 0.394. The van der Waals surface area contributed by atoms with Crippen LogP contribution in [0.3, 0.4) is 0 Å². The van der Waals surface area contributed by atoms with E-state index in [1.54, 1.807) is 19.3 Å². The number of aliphatic hydroxyl groups excluding tert-OH is 1. The molecule has 0 aromatic carbocycles. The summed E-state index contributed by atoms with van der Waals surface area (Å²) in [6, 6.07) is 0. The maximum absolute atomic E-state index is 8.37. The van der Waals surface area contributed by atoms with Crippen LogP contribution in [0.25, 0.3) is 0 Å². The first-order valence-electron chi connectivity index (χ1n) is 4.22. The molecule has 0 saturated heterocycles. The average Bonchev–Trinajstić information content (AvgIpc) is 2.21. The molecule has 0 saturated carbocycles. The monoisotopic (exact) mass is 194 g/mol. The predicted molar refractivity (Wildman–Crippen MR) is 54.2 cm³/mol. The SMILES string of the molecule is COCOCCC#CC#C/C=C\CO. The van der Waals surface area contributed by atoms with Crippen molar-refractivity contribution in [3.63, 3.8) is 0 Å². The summed E-state index contributed by atoms with van der Waals surface area (Å²) < 4.78 is 9.69. The highest BCUT2D eigenvalue weighted by molar-refractivity contribution is 5.30. The molecular weight excluding hydrogens is 180 g/mol. The molecule has 0 rings (SSSR count). The number of rotatable bonds is 5. The van der Waals surface area contributed by atoms with Gasteiger partial charge in [0.05, 0.1) is 13.2 Å². The van der Waals surface area contributed by atoms with Gasteiger partial charge in [0, 0.05) is 13.5 Å². The summed E-state index contributed by atoms with van der Waals surface area (Å²) in [7, 11) is 1.57. The lowest BCUT2D eigenvalue weighted by molar-refractivity contribution is -0.0281. The van der Waals surface area contributed by atoms with Crippen molar-refractivity contribution in [1.29, 1.82) is 0 Å². The number of allylic oxidation sites excluding steroid dienone is 1. The van der Waals surface area contributed by atoms with E-state index in [1.165, 1.54) is 0 Å². The molecule has 76 valence electrons. The lowest BCUT2D eigenvalue weighted by Crippen LogP contribution is -1.96. The Kier molecular flexibility index (Phi) is 10.7. The Morgan fingerprint density at radius 1 is 1.36 bits per heavy atom. The number of hydrogen-bond acceptors (Lipinski definition) is 3. The summed E-state index contributed by atoms with van der Waals surface area (Å²) in [5, 5.41) is 8.37. The number of hydrogen-bond donors (Lipinski definition) is 1. The van der Waals surface area contributed by atoms with E-state index in [0.717, 1.165) is 0 Å². The standard InChI is InChI=1S/C11H14O3/c1-13-11-14-10-8-6-4-2-3-5-7-9-12/h5,7,12H,8-11H2,1H3/b7-5-. The lowest BCUT2D eigenvalue weighted by Gasteiger charge is -1.96. The maximum atomic E-state index is 8.37. The first-order valence-corrected chi connectivity index (χ1v) is 4.22. The molecule has 14 heavy (non-hydrogen) atoms. The van der Waals surface area contributed by atoms with Crippen LogP contribution >= 0.6 is 0 Å². The highest BCUT2D eigenvalue weighted by Crippen LogP contribution is 1.79. The minimum Gasteiger partial charge on any atom is -0.392 e. The Morgan fingerprint density at radius 3 is 2.93 bits per heavy atom. The molecule has 3 nitrogen and oxygen atoms in total. The third-order valence-corrected chi connectivity index (χ3v) is 1.10. The summed E-state index contributed by atoms with van der Waals surface area (Å²) in [6.45, 7) is 0.856. The van der Waals surface area contributed by atoms with Crippen LogP contribution in [-0.4, -0.2) is 32.2 Å². The van der Waals surface area contributed by atoms with E-state index in [-0.39, 0.29) is 6.61 Å². The van der Waals surface area contributed by atoms with Crippen molar-refractivity contribution in [2.75, 3.05) is 27.1 Å². The van der Waals surface area contributed by atoms with Crippen molar-refractivity contribution in [2.45, 2.75) is 6.42 Å². The fourth-order valence-corrected chi connectivity index (χ4v) is 0.562. The molecule has 0 fully saturated rings. The number of ether oxygens (including phenoxy) is 2. The van der Waals surface area contributed by atoms with Gasteiger partial charge in [-0.25, -0.2) is 0 Å². The third-order valence-electron chi connectivity index (χ3n) is 1.10. The van der Waals surface area contributed by atoms with E-state index >= 15 is 0 Å². The van der Waals surface area contributed by atoms with Gasteiger partial charge < -0.3 is 14.6 Å². The first-order chi connectivity index (χ1) is 6.91. The fourth-order valence-electron chi connectivity index (χ4n) is 0.562. The van der Waals surface area contributed by atoms with Gasteiger partial charge in [-0.3, -0.25) is 0 Å². The highest BCUT2D eigenvalue weighted by atomic mass is 16.7. The van der Waals surface area contributed by atoms with Crippen LogP contribution in [0.5, 0.6) is 0 Å². The van der Waals surface area contributed by atoms with Crippen molar-refractivity contribution < 1.29 is 14.6 Å². The van der Waals surface area contributed by atoms with E-state index in [0.29, 0.717) is 19.8 Å². The Hall–Kier alpha value is -1.26. The van der Waals surface area contributed by atoms with Crippen LogP contribution in [0.1, 0.15) is 6.42 Å². The highest BCUT2D eigenvalue weighted by Gasteiger charge is 1.80. The van der Waals surface area contributed by atoms with Gasteiger partial charge >= 0.3 is 0 Å². The second-order valence-corrected chi connectivity index (χ2v) is 2.22. The summed E-state index contributed by atoms with van der Waals surface area (Å²) in [5.74, 6) is 10.8. The molecule has 0 aliphatic heterocycles. The third kappa shape index (κ3) is 10.7. The molecule has 0 heterocycles. The minimum absolute atomic E-state index is 0.00691. The van der Waals surface area contributed by atoms with Crippen LogP contribution in [0, 0.1) is 23.7 Å². The molecule has 0 aliphatic carbocycles. The van der Waals surface area contributed by atoms with Crippen molar-refractivity contribution in [2.24, 2.45) is 0 Å². The Bertz CT molecular complexity index is 260. The van der Waals surface area contributed by atoms with Crippen molar-refractivity contribution in [1.82, 2.24) is 0 Å². The van der Waals surface area contributed by atoms with Gasteiger partial charge in [-0.2, -0.15) is 0 Å². The van der Waals surface area contributed by atoms with E-state index in [2.05, 4.69) is 28.4 Å². The van der Waals surface area contributed by atoms with Crippen LogP contribution in [0.4, 0.5) is 0 Å². The molecular formula is C11H14O3. The van der Waals surface area contributed by atoms with Gasteiger partial charge in [0.15, 0.2) is 0 Å². The van der Waals surface area contributed by atoms with Crippen molar-refractivity contribution in [3.05, 3.63) is 12.2 Å². The largest absolute Gasteiger partial charge is 0.392 e. The summed E-state index contributed by atoms with van der Waals surface area (Å²) >= 11 is 0. The topological polar surface area (TPSA) is 38.7 Å². The van der Waals surface area contributed by atoms with Crippen molar-refractivity contribution in [3.8, 4) is 23.7 Å². The van der Waals surface area contributed by atoms with E-state index in [9.17, 15) is 0 Å². The zero-order valence-corrected chi connectivity index (χ0v) is 8.25. The van der Waals surface area contributed by atoms with E-state index in [1.807, 2.05) is 0 Å². The van der Waals surface area contributed by atoms with Gasteiger partial charge in [0.1, 0.15) is 6.79 Å². The average molecular weight is 194 g/mol. The molecule has 3 heteroatoms. The summed E-state index contributed by atoms with van der Waals surface area (Å²) in [6.07, 6.45) is 3.76. The van der Waals surface area contributed by atoms with Crippen LogP contribution in [-0.2, 0) is 9.47 Å². The Labute approximate surface area is 84.7 Å². The molecule has 0 aliphatic rings. The Morgan fingerprint density at radius 2 is 2.21 bits per heavy atom. The predicted octanol–water partition coefficient (Wildman–Crippen LogP) is 0.552. The molecule has 0 spiro atoms. The Balaban J connectivity index is 3.41. The number of aliphatic hydroxyl groups is 1. The fraction of sp³-hybridized carbons (Fsp3) is 0.455. The van der Waals surface area contributed by atoms with Crippen LogP contribution in [0.15, 0.2) is 12.2 Å². The molecule has 0 atom stereocenters. The van der Waals surface area contributed by atoms with Gasteiger partial charge in [0.2, 0.25) is 0 Å². The molecule has 0 aromatic heterocycles. The zero-order chi connectivity index (χ0) is 10.5. The molecule has 0 unspecified atom stereocenters. The summed E-state index contributed by atoms with van der Waals surface area (Å²) in [4.78, 5) is 0. The van der Waals surface area contributed by atoms with Gasteiger partial charge in [0.25, 0.3) is 0 Å². The zero-order valence-electron chi connectivity index (χ0n) is 8.25. The first kappa shape index (κ1) is 12.7. The molecule has 0 aromatic rings. The van der Waals surface area contributed by atoms with Gasteiger partial charge in [-0.1, -0.05) is 17.9 Å². The molecule has 1 N–H and O–H groups in total. The smallest absolute Gasteiger partial charge is 0.146 e. The molecule has 0 bridgehead atoms. The van der Waals surface area contributed by atoms with E-state index in [4.69, 9.17) is 9.84 Å². The molecule has 0 radical (unpaired) electrons. The minimum atomic E-state index is 0.00691. The van der Waals surface area contributed by atoms with Crippen LogP contribution in [0.2, 0.25) is 0 Å². The lowest BCUT2D eigenvalue weighted by atomic mass is 10.4. The van der Waals surface area contributed by atoms with Crippen LogP contribution < -0.4 is 0 Å². The second kappa shape index (κ2) is 11.7. The normalized spacial score (nSPS) is 9.00. The van der Waals surface area contributed by atoms with E-state index < -0.39 is 0 Å². The molecule has 0 amide bonds. The maximum Gasteiger partial charge on any atom is 0.146 e.